The zero-order chi connectivity index (χ0) is 28.4. The van der Waals surface area contributed by atoms with Crippen LogP contribution < -0.4 is 19.5 Å². The van der Waals surface area contributed by atoms with E-state index in [2.05, 4.69) is 10.3 Å². The van der Waals surface area contributed by atoms with Crippen LogP contribution >= 0.6 is 11.6 Å². The number of aromatic nitrogens is 1. The molecule has 0 saturated carbocycles. The van der Waals surface area contributed by atoms with Gasteiger partial charge in [-0.2, -0.15) is 0 Å². The molecule has 39 heavy (non-hydrogen) atoms. The number of carbonyl (C=O) groups is 2. The molecule has 208 valence electrons. The van der Waals surface area contributed by atoms with Gasteiger partial charge in [0.05, 0.1) is 7.11 Å². The van der Waals surface area contributed by atoms with Crippen LogP contribution in [0.2, 0.25) is 5.02 Å². The maximum absolute atomic E-state index is 13.0. The highest BCUT2D eigenvalue weighted by Crippen LogP contribution is 2.30. The van der Waals surface area contributed by atoms with Crippen molar-refractivity contribution >= 4 is 23.5 Å². The van der Waals surface area contributed by atoms with E-state index in [4.69, 9.17) is 35.3 Å². The highest BCUT2D eigenvalue weighted by Gasteiger charge is 2.29. The fraction of sp³-hybridized carbons (Fsp3) is 0.321. The van der Waals surface area contributed by atoms with Crippen LogP contribution in [-0.2, 0) is 14.3 Å². The Bertz CT molecular complexity index is 1220. The van der Waals surface area contributed by atoms with Gasteiger partial charge >= 0.3 is 5.97 Å². The first-order chi connectivity index (χ1) is 18.7. The van der Waals surface area contributed by atoms with Crippen molar-refractivity contribution in [3.63, 3.8) is 0 Å². The van der Waals surface area contributed by atoms with Gasteiger partial charge in [-0.3, -0.25) is 4.79 Å². The SMILES string of the molecule is COc1ccnc(C(=O)N[C@@H](C)C(=O)O[C@@H](C)[C@H](Oc2ccc(Cl)cc2)c2ccccc2)c1OCOC(C)O. The minimum absolute atomic E-state index is 0.00686. The average Bonchev–Trinajstić information content (AvgIpc) is 2.92. The molecular formula is C28H31ClN2O8. The molecule has 0 bridgehead atoms. The van der Waals surface area contributed by atoms with Crippen molar-refractivity contribution in [2.24, 2.45) is 0 Å². The second-order valence-corrected chi connectivity index (χ2v) is 8.90. The lowest BCUT2D eigenvalue weighted by molar-refractivity contribution is -0.154. The average molecular weight is 559 g/mol. The molecule has 1 aromatic heterocycles. The Labute approximate surface area is 231 Å². The van der Waals surface area contributed by atoms with Crippen molar-refractivity contribution in [3.05, 3.63) is 83.1 Å². The largest absolute Gasteiger partial charge is 0.493 e. The molecule has 2 aromatic carbocycles. The molecule has 4 atom stereocenters. The van der Waals surface area contributed by atoms with Gasteiger partial charge in [-0.15, -0.1) is 0 Å². The van der Waals surface area contributed by atoms with Crippen molar-refractivity contribution in [2.45, 2.75) is 45.3 Å². The maximum atomic E-state index is 13.0. The minimum atomic E-state index is -1.08. The van der Waals surface area contributed by atoms with Crippen LogP contribution in [0.1, 0.15) is 42.9 Å². The van der Waals surface area contributed by atoms with Gasteiger partial charge in [0.2, 0.25) is 0 Å². The van der Waals surface area contributed by atoms with Gasteiger partial charge in [0.1, 0.15) is 17.9 Å². The van der Waals surface area contributed by atoms with E-state index in [0.29, 0.717) is 10.8 Å². The van der Waals surface area contributed by atoms with Crippen LogP contribution in [-0.4, -0.2) is 54.3 Å². The summed E-state index contributed by atoms with van der Waals surface area (Å²) in [6.45, 7) is 4.25. The summed E-state index contributed by atoms with van der Waals surface area (Å²) in [6.07, 6.45) is -1.07. The molecule has 3 aromatic rings. The lowest BCUT2D eigenvalue weighted by Gasteiger charge is -2.27. The molecule has 2 N–H and O–H groups in total. The van der Waals surface area contributed by atoms with E-state index in [1.165, 1.54) is 33.2 Å². The fourth-order valence-electron chi connectivity index (χ4n) is 3.49. The summed E-state index contributed by atoms with van der Waals surface area (Å²) in [5.74, 6) is -0.617. The molecule has 11 heteroatoms. The predicted molar refractivity (Wildman–Crippen MR) is 143 cm³/mol. The van der Waals surface area contributed by atoms with Gasteiger partial charge < -0.3 is 34.1 Å². The predicted octanol–water partition coefficient (Wildman–Crippen LogP) is 4.31. The number of benzene rings is 2. The third-order valence-electron chi connectivity index (χ3n) is 5.45. The van der Waals surface area contributed by atoms with Gasteiger partial charge in [0, 0.05) is 17.3 Å². The summed E-state index contributed by atoms with van der Waals surface area (Å²) in [5.41, 5.74) is 0.663. The van der Waals surface area contributed by atoms with Crippen LogP contribution in [0.3, 0.4) is 0 Å². The molecule has 0 spiro atoms. The van der Waals surface area contributed by atoms with Crippen molar-refractivity contribution in [3.8, 4) is 17.2 Å². The molecule has 1 unspecified atom stereocenters. The molecular weight excluding hydrogens is 528 g/mol. The topological polar surface area (TPSA) is 125 Å². The molecule has 1 heterocycles. The number of nitrogens with zero attached hydrogens (tertiary/aromatic N) is 1. The number of ether oxygens (including phenoxy) is 5. The quantitative estimate of drug-likeness (QED) is 0.233. The Morgan fingerprint density at radius 1 is 1.03 bits per heavy atom. The standard InChI is InChI=1S/C28H31ClN2O8/c1-17(31-27(33)24-26(37-16-36-19(3)32)23(35-4)14-15-30-24)28(34)38-18(2)25(20-8-6-5-7-9-20)39-22-12-10-21(29)11-13-22/h5-15,17-19,25,32H,16H2,1-4H3,(H,31,33)/t17-,18-,19?,25-/m0/s1. The number of amides is 1. The number of aliphatic hydroxyl groups excluding tert-OH is 1. The van der Waals surface area contributed by atoms with Crippen molar-refractivity contribution < 1.29 is 38.4 Å². The van der Waals surface area contributed by atoms with Gasteiger partial charge in [-0.05, 0) is 50.6 Å². The molecule has 0 radical (unpaired) electrons. The first-order valence-corrected chi connectivity index (χ1v) is 12.5. The van der Waals surface area contributed by atoms with Crippen LogP contribution in [0.25, 0.3) is 0 Å². The zero-order valence-electron chi connectivity index (χ0n) is 22.0. The summed E-state index contributed by atoms with van der Waals surface area (Å²) in [4.78, 5) is 30.0. The number of hydrogen-bond donors (Lipinski definition) is 2. The normalized spacial score (nSPS) is 13.9. The summed E-state index contributed by atoms with van der Waals surface area (Å²) >= 11 is 5.99. The van der Waals surface area contributed by atoms with Gasteiger partial charge in [-0.25, -0.2) is 9.78 Å². The molecule has 10 nitrogen and oxygen atoms in total. The number of rotatable bonds is 13. The number of hydrogen-bond acceptors (Lipinski definition) is 9. The summed E-state index contributed by atoms with van der Waals surface area (Å²) in [7, 11) is 1.40. The second kappa shape index (κ2) is 14.3. The Kier molecular flexibility index (Phi) is 10.9. The number of halogens is 1. The highest BCUT2D eigenvalue weighted by molar-refractivity contribution is 6.30. The lowest BCUT2D eigenvalue weighted by Crippen LogP contribution is -2.42. The smallest absolute Gasteiger partial charge is 0.328 e. The lowest BCUT2D eigenvalue weighted by atomic mass is 10.0. The monoisotopic (exact) mass is 558 g/mol. The first kappa shape index (κ1) is 29.7. The van der Waals surface area contributed by atoms with Crippen LogP contribution in [0.4, 0.5) is 0 Å². The Hall–Kier alpha value is -3.86. The fourth-order valence-corrected chi connectivity index (χ4v) is 3.62. The van der Waals surface area contributed by atoms with Gasteiger partial charge in [0.25, 0.3) is 5.91 Å². The van der Waals surface area contributed by atoms with E-state index in [0.717, 1.165) is 5.56 Å². The highest BCUT2D eigenvalue weighted by atomic mass is 35.5. The minimum Gasteiger partial charge on any atom is -0.493 e. The Morgan fingerprint density at radius 2 is 1.72 bits per heavy atom. The number of carbonyl (C=O) groups excluding carboxylic acids is 2. The van der Waals surface area contributed by atoms with Crippen LogP contribution in [0.5, 0.6) is 17.2 Å². The molecule has 0 fully saturated rings. The van der Waals surface area contributed by atoms with Crippen LogP contribution in [0.15, 0.2) is 66.9 Å². The van der Waals surface area contributed by atoms with E-state index in [9.17, 15) is 14.7 Å². The van der Waals surface area contributed by atoms with Crippen molar-refractivity contribution in [1.29, 1.82) is 0 Å². The third-order valence-corrected chi connectivity index (χ3v) is 5.70. The summed E-state index contributed by atoms with van der Waals surface area (Å²) in [5, 5.41) is 12.4. The third kappa shape index (κ3) is 8.57. The van der Waals surface area contributed by atoms with E-state index in [1.807, 2.05) is 30.3 Å². The first-order valence-electron chi connectivity index (χ1n) is 12.1. The van der Waals surface area contributed by atoms with E-state index >= 15 is 0 Å². The van der Waals surface area contributed by atoms with Crippen LogP contribution in [0, 0.1) is 0 Å². The van der Waals surface area contributed by atoms with E-state index in [-0.39, 0.29) is 24.0 Å². The number of pyridine rings is 1. The maximum Gasteiger partial charge on any atom is 0.328 e. The molecule has 1 amide bonds. The van der Waals surface area contributed by atoms with Crippen molar-refractivity contribution in [1.82, 2.24) is 10.3 Å². The number of methoxy groups -OCH3 is 1. The number of nitrogens with one attached hydrogen (secondary N) is 1. The number of aliphatic hydroxyl groups is 1. The Balaban J connectivity index is 1.70. The van der Waals surface area contributed by atoms with E-state index < -0.39 is 36.4 Å². The summed E-state index contributed by atoms with van der Waals surface area (Å²) < 4.78 is 27.5. The van der Waals surface area contributed by atoms with Crippen molar-refractivity contribution in [2.75, 3.05) is 13.9 Å². The molecule has 0 aliphatic rings. The molecule has 0 aliphatic heterocycles. The zero-order valence-corrected chi connectivity index (χ0v) is 22.8. The number of esters is 1. The second-order valence-electron chi connectivity index (χ2n) is 8.46. The molecule has 0 aliphatic carbocycles. The molecule has 0 saturated heterocycles. The van der Waals surface area contributed by atoms with Gasteiger partial charge in [0.15, 0.2) is 36.4 Å². The summed E-state index contributed by atoms with van der Waals surface area (Å²) in [6, 6.07) is 16.6. The molecule has 3 rings (SSSR count). The Morgan fingerprint density at radius 3 is 2.36 bits per heavy atom. The van der Waals surface area contributed by atoms with Gasteiger partial charge in [-0.1, -0.05) is 41.9 Å². The van der Waals surface area contributed by atoms with E-state index in [1.54, 1.807) is 31.2 Å².